The number of methoxy groups -OCH3 is 3. The third-order valence-corrected chi connectivity index (χ3v) is 2.74. The van der Waals surface area contributed by atoms with Crippen LogP contribution in [-0.2, 0) is 6.54 Å². The van der Waals surface area contributed by atoms with Gasteiger partial charge in [-0.2, -0.15) is 0 Å². The SMILES string of the molecule is COc1cc(NCc2ccoc2)cc(OC)c1OC. The summed E-state index contributed by atoms with van der Waals surface area (Å²) in [4.78, 5) is 0. The molecule has 1 heterocycles. The first-order valence-corrected chi connectivity index (χ1v) is 5.83. The molecule has 0 spiro atoms. The summed E-state index contributed by atoms with van der Waals surface area (Å²) in [5, 5.41) is 3.27. The maximum atomic E-state index is 5.29. The molecule has 1 aromatic heterocycles. The monoisotopic (exact) mass is 263 g/mol. The zero-order chi connectivity index (χ0) is 13.7. The van der Waals surface area contributed by atoms with Crippen LogP contribution in [0.5, 0.6) is 17.2 Å². The van der Waals surface area contributed by atoms with Crippen LogP contribution in [0, 0.1) is 0 Å². The lowest BCUT2D eigenvalue weighted by molar-refractivity contribution is 0.324. The number of furan rings is 1. The summed E-state index contributed by atoms with van der Waals surface area (Å²) in [6.07, 6.45) is 3.34. The van der Waals surface area contributed by atoms with Crippen LogP contribution in [0.15, 0.2) is 35.1 Å². The molecule has 5 heteroatoms. The minimum Gasteiger partial charge on any atom is -0.493 e. The van der Waals surface area contributed by atoms with Crippen molar-refractivity contribution in [2.45, 2.75) is 6.54 Å². The van der Waals surface area contributed by atoms with Gasteiger partial charge in [-0.25, -0.2) is 0 Å². The van der Waals surface area contributed by atoms with Crippen molar-refractivity contribution in [3.63, 3.8) is 0 Å². The van der Waals surface area contributed by atoms with Crippen molar-refractivity contribution in [1.29, 1.82) is 0 Å². The average molecular weight is 263 g/mol. The van der Waals surface area contributed by atoms with Crippen molar-refractivity contribution in [1.82, 2.24) is 0 Å². The topological polar surface area (TPSA) is 52.9 Å². The molecule has 0 saturated carbocycles. The van der Waals surface area contributed by atoms with Gasteiger partial charge < -0.3 is 23.9 Å². The second kappa shape index (κ2) is 6.04. The maximum absolute atomic E-state index is 5.29. The maximum Gasteiger partial charge on any atom is 0.203 e. The standard InChI is InChI=1S/C14H17NO4/c1-16-12-6-11(7-13(17-2)14(12)18-3)15-8-10-4-5-19-9-10/h4-7,9,15H,8H2,1-3H3. The number of hydrogen-bond donors (Lipinski definition) is 1. The van der Waals surface area contributed by atoms with E-state index in [1.165, 1.54) is 0 Å². The van der Waals surface area contributed by atoms with Gasteiger partial charge in [-0.15, -0.1) is 0 Å². The lowest BCUT2D eigenvalue weighted by Crippen LogP contribution is -2.01. The van der Waals surface area contributed by atoms with Gasteiger partial charge in [-0.1, -0.05) is 0 Å². The Balaban J connectivity index is 2.20. The lowest BCUT2D eigenvalue weighted by atomic mass is 10.2. The fourth-order valence-corrected chi connectivity index (χ4v) is 1.78. The van der Waals surface area contributed by atoms with Crippen molar-refractivity contribution in [2.24, 2.45) is 0 Å². The molecule has 19 heavy (non-hydrogen) atoms. The highest BCUT2D eigenvalue weighted by Crippen LogP contribution is 2.39. The van der Waals surface area contributed by atoms with E-state index in [-0.39, 0.29) is 0 Å². The Morgan fingerprint density at radius 2 is 1.74 bits per heavy atom. The summed E-state index contributed by atoms with van der Waals surface area (Å²) in [7, 11) is 4.77. The summed E-state index contributed by atoms with van der Waals surface area (Å²) in [5.41, 5.74) is 1.95. The summed E-state index contributed by atoms with van der Waals surface area (Å²) in [6, 6.07) is 5.63. The van der Waals surface area contributed by atoms with Gasteiger partial charge >= 0.3 is 0 Å². The molecule has 102 valence electrons. The molecule has 2 aromatic rings. The Hall–Kier alpha value is -2.30. The van der Waals surface area contributed by atoms with Crippen molar-refractivity contribution in [2.75, 3.05) is 26.6 Å². The molecule has 0 fully saturated rings. The van der Waals surface area contributed by atoms with Crippen LogP contribution in [0.4, 0.5) is 5.69 Å². The van der Waals surface area contributed by atoms with Crippen LogP contribution >= 0.6 is 0 Å². The Morgan fingerprint density at radius 3 is 2.21 bits per heavy atom. The van der Waals surface area contributed by atoms with Gasteiger partial charge in [0.25, 0.3) is 0 Å². The molecule has 2 rings (SSSR count). The molecule has 0 unspecified atom stereocenters. The lowest BCUT2D eigenvalue weighted by Gasteiger charge is -2.14. The molecule has 0 saturated heterocycles. The van der Waals surface area contributed by atoms with Crippen molar-refractivity contribution < 1.29 is 18.6 Å². The van der Waals surface area contributed by atoms with E-state index in [1.54, 1.807) is 33.9 Å². The third kappa shape index (κ3) is 2.93. The molecule has 0 bridgehead atoms. The van der Waals surface area contributed by atoms with Crippen LogP contribution in [0.2, 0.25) is 0 Å². The number of nitrogens with one attached hydrogen (secondary N) is 1. The van der Waals surface area contributed by atoms with Gasteiger partial charge in [-0.3, -0.25) is 0 Å². The van der Waals surface area contributed by atoms with Crippen LogP contribution < -0.4 is 19.5 Å². The molecule has 0 radical (unpaired) electrons. The molecule has 1 N–H and O–H groups in total. The first-order valence-electron chi connectivity index (χ1n) is 5.83. The first-order chi connectivity index (χ1) is 9.28. The van der Waals surface area contributed by atoms with Crippen molar-refractivity contribution in [3.05, 3.63) is 36.3 Å². The minimum absolute atomic E-state index is 0.582. The summed E-state index contributed by atoms with van der Waals surface area (Å²) in [6.45, 7) is 0.662. The number of benzene rings is 1. The van der Waals surface area contributed by atoms with E-state index < -0.39 is 0 Å². The first kappa shape index (κ1) is 13.1. The van der Waals surface area contributed by atoms with Gasteiger partial charge in [0.1, 0.15) is 0 Å². The minimum atomic E-state index is 0.582. The highest BCUT2D eigenvalue weighted by Gasteiger charge is 2.12. The number of anilines is 1. The zero-order valence-corrected chi connectivity index (χ0v) is 11.2. The van der Waals surface area contributed by atoms with E-state index in [2.05, 4.69) is 5.32 Å². The molecule has 1 aromatic carbocycles. The second-order valence-electron chi connectivity index (χ2n) is 3.90. The second-order valence-corrected chi connectivity index (χ2v) is 3.90. The van der Waals surface area contributed by atoms with Crippen LogP contribution in [-0.4, -0.2) is 21.3 Å². The van der Waals surface area contributed by atoms with Gasteiger partial charge in [0, 0.05) is 29.9 Å². The van der Waals surface area contributed by atoms with Gasteiger partial charge in [0.2, 0.25) is 5.75 Å². The molecule has 0 aliphatic rings. The number of ether oxygens (including phenoxy) is 3. The zero-order valence-electron chi connectivity index (χ0n) is 11.2. The summed E-state index contributed by atoms with van der Waals surface area (Å²) < 4.78 is 20.9. The van der Waals surface area contributed by atoms with E-state index in [9.17, 15) is 0 Å². The Bertz CT molecular complexity index is 497. The number of rotatable bonds is 6. The highest BCUT2D eigenvalue weighted by atomic mass is 16.5. The number of hydrogen-bond acceptors (Lipinski definition) is 5. The average Bonchev–Trinajstić information content (AvgIpc) is 2.97. The van der Waals surface area contributed by atoms with Crippen LogP contribution in [0.1, 0.15) is 5.56 Å². The van der Waals surface area contributed by atoms with E-state index in [0.29, 0.717) is 23.8 Å². The normalized spacial score (nSPS) is 10.1. The quantitative estimate of drug-likeness (QED) is 0.868. The van der Waals surface area contributed by atoms with E-state index in [1.807, 2.05) is 18.2 Å². The Morgan fingerprint density at radius 1 is 1.05 bits per heavy atom. The Kier molecular flexibility index (Phi) is 4.18. The molecule has 0 amide bonds. The van der Waals surface area contributed by atoms with Crippen LogP contribution in [0.3, 0.4) is 0 Å². The van der Waals surface area contributed by atoms with Gasteiger partial charge in [-0.05, 0) is 6.07 Å². The third-order valence-electron chi connectivity index (χ3n) is 2.74. The van der Waals surface area contributed by atoms with Gasteiger partial charge in [0.15, 0.2) is 11.5 Å². The fraction of sp³-hybridized carbons (Fsp3) is 0.286. The largest absolute Gasteiger partial charge is 0.493 e. The van der Waals surface area contributed by atoms with Gasteiger partial charge in [0.05, 0.1) is 33.9 Å². The van der Waals surface area contributed by atoms with E-state index in [4.69, 9.17) is 18.6 Å². The smallest absolute Gasteiger partial charge is 0.203 e. The predicted octanol–water partition coefficient (Wildman–Crippen LogP) is 2.92. The Labute approximate surface area is 112 Å². The van der Waals surface area contributed by atoms with Crippen LogP contribution in [0.25, 0.3) is 0 Å². The van der Waals surface area contributed by atoms with Crippen molar-refractivity contribution in [3.8, 4) is 17.2 Å². The molecule has 0 aliphatic heterocycles. The molecular weight excluding hydrogens is 246 g/mol. The molecule has 0 aliphatic carbocycles. The summed E-state index contributed by atoms with van der Waals surface area (Å²) >= 11 is 0. The van der Waals surface area contributed by atoms with E-state index >= 15 is 0 Å². The molecule has 5 nitrogen and oxygen atoms in total. The van der Waals surface area contributed by atoms with E-state index in [0.717, 1.165) is 11.3 Å². The fourth-order valence-electron chi connectivity index (χ4n) is 1.78. The summed E-state index contributed by atoms with van der Waals surface area (Å²) in [5.74, 6) is 1.83. The highest BCUT2D eigenvalue weighted by molar-refractivity contribution is 5.62. The van der Waals surface area contributed by atoms with Crippen molar-refractivity contribution >= 4 is 5.69 Å². The molecule has 0 atom stereocenters. The predicted molar refractivity (Wildman–Crippen MR) is 72.1 cm³/mol. The molecular formula is C14H17NO4.